The van der Waals surface area contributed by atoms with Crippen LogP contribution in [0.15, 0.2) is 30.3 Å². The summed E-state index contributed by atoms with van der Waals surface area (Å²) >= 11 is 0. The highest BCUT2D eigenvalue weighted by atomic mass is 16.6. The monoisotopic (exact) mass is 350 g/mol. The van der Waals surface area contributed by atoms with Gasteiger partial charge in [0.25, 0.3) is 5.69 Å². The van der Waals surface area contributed by atoms with Crippen molar-refractivity contribution in [1.82, 2.24) is 9.97 Å². The fraction of sp³-hybridized carbons (Fsp3) is 0.111. The van der Waals surface area contributed by atoms with Crippen molar-refractivity contribution < 1.29 is 14.8 Å². The van der Waals surface area contributed by atoms with Crippen LogP contribution in [0.25, 0.3) is 22.7 Å². The summed E-state index contributed by atoms with van der Waals surface area (Å²) < 4.78 is 4.99. The van der Waals surface area contributed by atoms with Crippen molar-refractivity contribution >= 4 is 28.4 Å². The average molecular weight is 350 g/mol. The van der Waals surface area contributed by atoms with Crippen LogP contribution in [0.1, 0.15) is 17.0 Å². The molecule has 8 nitrogen and oxygen atoms in total. The maximum Gasteiger partial charge on any atom is 0.280 e. The number of allylic oxidation sites excluding steroid dienone is 1. The largest absolute Gasteiger partial charge is 0.504 e. The van der Waals surface area contributed by atoms with Crippen LogP contribution < -0.4 is 4.74 Å². The second kappa shape index (κ2) is 6.57. The minimum absolute atomic E-state index is 0.0689. The molecule has 0 fully saturated rings. The smallest absolute Gasteiger partial charge is 0.280 e. The van der Waals surface area contributed by atoms with Gasteiger partial charge in [-0.05, 0) is 36.8 Å². The van der Waals surface area contributed by atoms with Crippen molar-refractivity contribution in [2.24, 2.45) is 0 Å². The number of nitrogens with zero attached hydrogens (tertiary/aromatic N) is 3. The number of phenols is 1. The third kappa shape index (κ3) is 3.06. The van der Waals surface area contributed by atoms with E-state index >= 15 is 0 Å². The van der Waals surface area contributed by atoms with Crippen molar-refractivity contribution in [3.8, 4) is 17.6 Å². The maximum atomic E-state index is 11.3. The second-order valence-electron chi connectivity index (χ2n) is 5.62. The van der Waals surface area contributed by atoms with E-state index in [9.17, 15) is 20.5 Å². The number of methoxy groups -OCH3 is 1. The molecule has 0 bridgehead atoms. The molecule has 1 heterocycles. The summed E-state index contributed by atoms with van der Waals surface area (Å²) in [5.74, 6) is 0.0166. The number of hydrogen-bond donors (Lipinski definition) is 2. The van der Waals surface area contributed by atoms with Crippen LogP contribution >= 0.6 is 0 Å². The van der Waals surface area contributed by atoms with E-state index in [2.05, 4.69) is 9.97 Å². The average Bonchev–Trinajstić information content (AvgIpc) is 3.02. The summed E-state index contributed by atoms with van der Waals surface area (Å²) in [4.78, 5) is 18.0. The van der Waals surface area contributed by atoms with E-state index in [-0.39, 0.29) is 28.3 Å². The Morgan fingerprint density at radius 1 is 1.42 bits per heavy atom. The number of nitro groups is 1. The minimum atomic E-state index is -0.637. The quantitative estimate of drug-likeness (QED) is 0.421. The van der Waals surface area contributed by atoms with Gasteiger partial charge in [-0.2, -0.15) is 5.26 Å². The zero-order valence-electron chi connectivity index (χ0n) is 14.0. The molecule has 0 amide bonds. The number of nitriles is 1. The Morgan fingerprint density at radius 2 is 2.19 bits per heavy atom. The van der Waals surface area contributed by atoms with Crippen LogP contribution in [0.2, 0.25) is 0 Å². The Balaban J connectivity index is 2.17. The van der Waals surface area contributed by atoms with Gasteiger partial charge in [-0.1, -0.05) is 6.07 Å². The molecule has 3 aromatic rings. The second-order valence-corrected chi connectivity index (χ2v) is 5.62. The molecule has 0 saturated carbocycles. The van der Waals surface area contributed by atoms with E-state index < -0.39 is 4.92 Å². The third-order valence-corrected chi connectivity index (χ3v) is 3.84. The number of rotatable bonds is 4. The first-order valence-electron chi connectivity index (χ1n) is 7.57. The number of aromatic hydroxyl groups is 1. The normalized spacial score (nSPS) is 11.3. The molecule has 0 aliphatic rings. The molecule has 0 radical (unpaired) electrons. The fourth-order valence-corrected chi connectivity index (χ4v) is 2.57. The molecule has 0 aliphatic heterocycles. The standard InChI is InChI=1S/C18H14N4O4/c1-10-3-4-13-14(5-10)21-18(20-13)12(9-19)6-11-7-17(26-2)16(23)8-15(11)22(24)25/h3-8,23H,1-2H3,(H,20,21)/b12-6-. The lowest BCUT2D eigenvalue weighted by Gasteiger charge is -2.05. The number of H-pyrrole nitrogens is 1. The molecule has 0 spiro atoms. The van der Waals surface area contributed by atoms with E-state index in [1.165, 1.54) is 19.3 Å². The zero-order valence-corrected chi connectivity index (χ0v) is 14.0. The number of imidazole rings is 1. The highest BCUT2D eigenvalue weighted by molar-refractivity contribution is 5.92. The predicted molar refractivity (Wildman–Crippen MR) is 95.6 cm³/mol. The number of nitro benzene ring substituents is 1. The van der Waals surface area contributed by atoms with Crippen molar-refractivity contribution in [3.63, 3.8) is 0 Å². The van der Waals surface area contributed by atoms with Gasteiger partial charge in [-0.3, -0.25) is 10.1 Å². The number of aromatic nitrogens is 2. The number of aromatic amines is 1. The summed E-state index contributed by atoms with van der Waals surface area (Å²) in [7, 11) is 1.33. The highest BCUT2D eigenvalue weighted by Crippen LogP contribution is 2.35. The van der Waals surface area contributed by atoms with Gasteiger partial charge >= 0.3 is 0 Å². The van der Waals surface area contributed by atoms with Crippen LogP contribution in [-0.4, -0.2) is 27.1 Å². The molecule has 26 heavy (non-hydrogen) atoms. The first kappa shape index (κ1) is 17.0. The third-order valence-electron chi connectivity index (χ3n) is 3.84. The Morgan fingerprint density at radius 3 is 2.85 bits per heavy atom. The van der Waals surface area contributed by atoms with E-state index in [4.69, 9.17) is 4.74 Å². The summed E-state index contributed by atoms with van der Waals surface area (Å²) in [5, 5.41) is 30.5. The molecule has 1 aromatic heterocycles. The number of ether oxygens (including phenoxy) is 1. The molecule has 8 heteroatoms. The SMILES string of the molecule is COc1cc(/C=C(/C#N)c2nc3ccc(C)cc3[nH]2)c([N+](=O)[O-])cc1O. The molecule has 0 saturated heterocycles. The Hall–Kier alpha value is -3.86. The number of aryl methyl sites for hydroxylation is 1. The van der Waals surface area contributed by atoms with Gasteiger partial charge < -0.3 is 14.8 Å². The lowest BCUT2D eigenvalue weighted by atomic mass is 10.1. The number of nitrogens with one attached hydrogen (secondary N) is 1. The highest BCUT2D eigenvalue weighted by Gasteiger charge is 2.19. The number of fused-ring (bicyclic) bond motifs is 1. The molecule has 2 aromatic carbocycles. The first-order valence-corrected chi connectivity index (χ1v) is 7.57. The van der Waals surface area contributed by atoms with Crippen LogP contribution in [0.3, 0.4) is 0 Å². The van der Waals surface area contributed by atoms with E-state index in [0.29, 0.717) is 11.3 Å². The van der Waals surface area contributed by atoms with Gasteiger partial charge in [0.05, 0.1) is 40.3 Å². The summed E-state index contributed by atoms with van der Waals surface area (Å²) in [6.45, 7) is 1.94. The van der Waals surface area contributed by atoms with Crippen molar-refractivity contribution in [2.75, 3.05) is 7.11 Å². The molecule has 3 rings (SSSR count). The maximum absolute atomic E-state index is 11.3. The molecule has 2 N–H and O–H groups in total. The van der Waals surface area contributed by atoms with Crippen LogP contribution in [0.4, 0.5) is 5.69 Å². The van der Waals surface area contributed by atoms with E-state index in [1.807, 2.05) is 31.2 Å². The Kier molecular flexibility index (Phi) is 4.29. The topological polar surface area (TPSA) is 125 Å². The predicted octanol–water partition coefficient (Wildman–Crippen LogP) is 3.56. The minimum Gasteiger partial charge on any atom is -0.504 e. The molecule has 0 aliphatic carbocycles. The van der Waals surface area contributed by atoms with E-state index in [1.54, 1.807) is 0 Å². The van der Waals surface area contributed by atoms with Crippen molar-refractivity contribution in [2.45, 2.75) is 6.92 Å². The van der Waals surface area contributed by atoms with Gasteiger partial charge in [0, 0.05) is 0 Å². The fourth-order valence-electron chi connectivity index (χ4n) is 2.57. The first-order chi connectivity index (χ1) is 12.4. The number of benzene rings is 2. The molecular formula is C18H14N4O4. The number of phenolic OH excluding ortho intramolecular Hbond substituents is 1. The number of hydrogen-bond acceptors (Lipinski definition) is 6. The zero-order chi connectivity index (χ0) is 18.8. The lowest BCUT2D eigenvalue weighted by Crippen LogP contribution is -1.95. The van der Waals surface area contributed by atoms with Gasteiger partial charge in [-0.25, -0.2) is 4.98 Å². The summed E-state index contributed by atoms with van der Waals surface area (Å²) in [6, 6.07) is 9.92. The summed E-state index contributed by atoms with van der Waals surface area (Å²) in [5.41, 5.74) is 2.38. The van der Waals surface area contributed by atoms with Gasteiger partial charge in [0.15, 0.2) is 11.5 Å². The van der Waals surface area contributed by atoms with Crippen molar-refractivity contribution in [3.05, 3.63) is 57.4 Å². The Bertz CT molecular complexity index is 1090. The Labute approximate surface area is 148 Å². The van der Waals surface area contributed by atoms with Crippen LogP contribution in [-0.2, 0) is 0 Å². The van der Waals surface area contributed by atoms with Gasteiger partial charge in [0.2, 0.25) is 0 Å². The molecule has 130 valence electrons. The summed E-state index contributed by atoms with van der Waals surface area (Å²) in [6.07, 6.45) is 1.34. The van der Waals surface area contributed by atoms with Crippen molar-refractivity contribution in [1.29, 1.82) is 5.26 Å². The molecule has 0 atom stereocenters. The van der Waals surface area contributed by atoms with E-state index in [0.717, 1.165) is 17.1 Å². The van der Waals surface area contributed by atoms with Gasteiger partial charge in [-0.15, -0.1) is 0 Å². The van der Waals surface area contributed by atoms with Gasteiger partial charge in [0.1, 0.15) is 11.9 Å². The lowest BCUT2D eigenvalue weighted by molar-refractivity contribution is -0.385. The van der Waals surface area contributed by atoms with Crippen LogP contribution in [0.5, 0.6) is 11.5 Å². The molecule has 0 unspecified atom stereocenters. The molecular weight excluding hydrogens is 336 g/mol. The van der Waals surface area contributed by atoms with Crippen LogP contribution in [0, 0.1) is 28.4 Å².